The highest BCUT2D eigenvalue weighted by Crippen LogP contribution is 2.19. The average molecular weight is 300 g/mol. The molecule has 0 aliphatic rings. The quantitative estimate of drug-likeness (QED) is 0.819. The zero-order chi connectivity index (χ0) is 15.1. The Balaban J connectivity index is 2.76. The Bertz CT molecular complexity index is 859. The van der Waals surface area contributed by atoms with Gasteiger partial charge in [0.2, 0.25) is 0 Å². The zero-order valence-corrected chi connectivity index (χ0v) is 12.2. The number of aromatic amines is 2. The molecule has 2 rings (SSSR count). The van der Waals surface area contributed by atoms with Crippen molar-refractivity contribution >= 4 is 21.0 Å². The van der Waals surface area contributed by atoms with E-state index in [-0.39, 0.29) is 17.0 Å². The van der Waals surface area contributed by atoms with Crippen molar-refractivity contribution in [1.82, 2.24) is 19.5 Å². The van der Waals surface area contributed by atoms with Gasteiger partial charge in [0.15, 0.2) is 15.5 Å². The normalized spacial score (nSPS) is 13.8. The lowest BCUT2D eigenvalue weighted by atomic mass is 10.4. The van der Waals surface area contributed by atoms with Crippen molar-refractivity contribution in [1.29, 1.82) is 0 Å². The van der Waals surface area contributed by atoms with Gasteiger partial charge < -0.3 is 4.98 Å². The molecule has 0 aliphatic heterocycles. The first kappa shape index (κ1) is 14.5. The van der Waals surface area contributed by atoms with Crippen LogP contribution in [0.4, 0.5) is 0 Å². The van der Waals surface area contributed by atoms with E-state index < -0.39 is 26.3 Å². The molecule has 1 atom stereocenters. The second kappa shape index (κ2) is 4.89. The van der Waals surface area contributed by atoms with Gasteiger partial charge in [0.05, 0.1) is 0 Å². The second-order valence-electron chi connectivity index (χ2n) is 4.70. The van der Waals surface area contributed by atoms with Gasteiger partial charge in [-0.05, 0) is 13.3 Å². The van der Waals surface area contributed by atoms with Crippen LogP contribution in [-0.2, 0) is 16.4 Å². The first-order chi connectivity index (χ1) is 9.25. The number of sulfone groups is 1. The third-order valence-electron chi connectivity index (χ3n) is 3.13. The zero-order valence-electron chi connectivity index (χ0n) is 11.4. The van der Waals surface area contributed by atoms with Crippen LogP contribution in [0.3, 0.4) is 0 Å². The summed E-state index contributed by atoms with van der Waals surface area (Å²) in [6.07, 6.45) is 1.78. The van der Waals surface area contributed by atoms with E-state index in [0.717, 1.165) is 6.26 Å². The van der Waals surface area contributed by atoms with Gasteiger partial charge in [0.25, 0.3) is 5.56 Å². The van der Waals surface area contributed by atoms with Crippen LogP contribution < -0.4 is 11.2 Å². The number of hydrogen-bond acceptors (Lipinski definition) is 5. The summed E-state index contributed by atoms with van der Waals surface area (Å²) < 4.78 is 24.4. The Kier molecular flexibility index (Phi) is 3.55. The SMILES string of the molecule is CCCn1c(=O)[nH]c(=O)c2[nH]c(C(C)S(C)(=O)=O)nc21. The van der Waals surface area contributed by atoms with E-state index in [2.05, 4.69) is 15.0 Å². The van der Waals surface area contributed by atoms with Crippen molar-refractivity contribution in [3.63, 3.8) is 0 Å². The molecule has 2 heterocycles. The number of rotatable bonds is 4. The van der Waals surface area contributed by atoms with Crippen LogP contribution in [0, 0.1) is 0 Å². The van der Waals surface area contributed by atoms with Crippen molar-refractivity contribution < 1.29 is 8.42 Å². The van der Waals surface area contributed by atoms with Crippen molar-refractivity contribution in [2.75, 3.05) is 6.26 Å². The Morgan fingerprint density at radius 2 is 1.95 bits per heavy atom. The average Bonchev–Trinajstić information content (AvgIpc) is 2.77. The highest BCUT2D eigenvalue weighted by molar-refractivity contribution is 7.90. The molecule has 0 saturated carbocycles. The van der Waals surface area contributed by atoms with Crippen LogP contribution in [-0.4, -0.2) is 34.2 Å². The van der Waals surface area contributed by atoms with E-state index in [0.29, 0.717) is 13.0 Å². The molecular weight excluding hydrogens is 284 g/mol. The van der Waals surface area contributed by atoms with Crippen molar-refractivity contribution in [3.8, 4) is 0 Å². The molecule has 20 heavy (non-hydrogen) atoms. The summed E-state index contributed by atoms with van der Waals surface area (Å²) in [4.78, 5) is 32.5. The molecule has 0 spiro atoms. The fraction of sp³-hybridized carbons (Fsp3) is 0.545. The molecule has 0 fully saturated rings. The van der Waals surface area contributed by atoms with Gasteiger partial charge in [-0.2, -0.15) is 0 Å². The molecule has 0 aromatic carbocycles. The smallest absolute Gasteiger partial charge is 0.330 e. The predicted molar refractivity (Wildman–Crippen MR) is 74.5 cm³/mol. The minimum atomic E-state index is -3.35. The summed E-state index contributed by atoms with van der Waals surface area (Å²) >= 11 is 0. The van der Waals surface area contributed by atoms with Crippen molar-refractivity contribution in [2.45, 2.75) is 32.1 Å². The molecule has 0 radical (unpaired) electrons. The van der Waals surface area contributed by atoms with Crippen LogP contribution in [0.15, 0.2) is 9.59 Å². The predicted octanol–water partition coefficient (Wildman–Crippen LogP) is -0.0715. The van der Waals surface area contributed by atoms with Gasteiger partial charge in [-0.15, -0.1) is 0 Å². The van der Waals surface area contributed by atoms with Gasteiger partial charge in [-0.3, -0.25) is 14.3 Å². The Hall–Kier alpha value is -1.90. The maximum atomic E-state index is 11.8. The largest absolute Gasteiger partial charge is 0.335 e. The lowest BCUT2D eigenvalue weighted by Gasteiger charge is -2.04. The number of aromatic nitrogens is 4. The maximum Gasteiger partial charge on any atom is 0.330 e. The monoisotopic (exact) mass is 300 g/mol. The lowest BCUT2D eigenvalue weighted by Crippen LogP contribution is -2.30. The summed E-state index contributed by atoms with van der Waals surface area (Å²) in [6.45, 7) is 3.75. The number of imidazole rings is 1. The minimum Gasteiger partial charge on any atom is -0.335 e. The van der Waals surface area contributed by atoms with Gasteiger partial charge in [0.1, 0.15) is 16.6 Å². The van der Waals surface area contributed by atoms with E-state index >= 15 is 0 Å². The molecule has 110 valence electrons. The van der Waals surface area contributed by atoms with Gasteiger partial charge in [0, 0.05) is 12.8 Å². The third-order valence-corrected chi connectivity index (χ3v) is 4.63. The molecule has 2 aromatic heterocycles. The summed E-state index contributed by atoms with van der Waals surface area (Å²) in [5.74, 6) is 0.156. The maximum absolute atomic E-state index is 11.8. The van der Waals surface area contributed by atoms with Gasteiger partial charge in [-0.1, -0.05) is 6.92 Å². The van der Waals surface area contributed by atoms with Crippen LogP contribution >= 0.6 is 0 Å². The minimum absolute atomic E-state index is 0.114. The fourth-order valence-electron chi connectivity index (χ4n) is 1.89. The van der Waals surface area contributed by atoms with Crippen LogP contribution in [0.1, 0.15) is 31.3 Å². The van der Waals surface area contributed by atoms with E-state index in [9.17, 15) is 18.0 Å². The number of fused-ring (bicyclic) bond motifs is 1. The standard InChI is InChI=1S/C11H16N4O4S/c1-4-5-15-9-7(10(16)14-11(15)17)12-8(13-9)6(2)20(3,18)19/h6H,4-5H2,1-3H3,(H,12,13)(H,14,16,17). The fourth-order valence-corrected chi connectivity index (χ4v) is 2.40. The first-order valence-electron chi connectivity index (χ1n) is 6.17. The van der Waals surface area contributed by atoms with E-state index in [1.54, 1.807) is 0 Å². The Morgan fingerprint density at radius 3 is 2.50 bits per heavy atom. The topological polar surface area (TPSA) is 118 Å². The number of aryl methyl sites for hydroxylation is 1. The second-order valence-corrected chi connectivity index (χ2v) is 7.07. The molecule has 2 aromatic rings. The molecule has 2 N–H and O–H groups in total. The van der Waals surface area contributed by atoms with Crippen LogP contribution in [0.25, 0.3) is 11.2 Å². The van der Waals surface area contributed by atoms with Crippen LogP contribution in [0.2, 0.25) is 0 Å². The molecule has 8 nitrogen and oxygen atoms in total. The van der Waals surface area contributed by atoms with E-state index in [1.807, 2.05) is 6.92 Å². The molecule has 1 unspecified atom stereocenters. The number of H-pyrrole nitrogens is 2. The Labute approximate surface area is 114 Å². The van der Waals surface area contributed by atoms with Crippen molar-refractivity contribution in [2.24, 2.45) is 0 Å². The van der Waals surface area contributed by atoms with Gasteiger partial charge >= 0.3 is 5.69 Å². The Morgan fingerprint density at radius 1 is 1.30 bits per heavy atom. The summed E-state index contributed by atoms with van der Waals surface area (Å²) in [5.41, 5.74) is -0.846. The molecule has 0 saturated heterocycles. The highest BCUT2D eigenvalue weighted by atomic mass is 32.2. The molecule has 0 bridgehead atoms. The highest BCUT2D eigenvalue weighted by Gasteiger charge is 2.23. The third kappa shape index (κ3) is 2.40. The molecular formula is C11H16N4O4S. The summed E-state index contributed by atoms with van der Waals surface area (Å²) in [7, 11) is -3.35. The van der Waals surface area contributed by atoms with Gasteiger partial charge in [-0.25, -0.2) is 18.2 Å². The molecule has 9 heteroatoms. The summed E-state index contributed by atoms with van der Waals surface area (Å²) in [5, 5.41) is -0.875. The van der Waals surface area contributed by atoms with Crippen molar-refractivity contribution in [3.05, 3.63) is 26.7 Å². The lowest BCUT2D eigenvalue weighted by molar-refractivity contribution is 0.589. The molecule has 0 aliphatic carbocycles. The number of nitrogens with one attached hydrogen (secondary N) is 2. The number of hydrogen-bond donors (Lipinski definition) is 2. The van der Waals surface area contributed by atoms with Crippen LogP contribution in [0.5, 0.6) is 0 Å². The summed E-state index contributed by atoms with van der Waals surface area (Å²) in [6, 6.07) is 0. The molecule has 0 amide bonds. The number of nitrogens with zero attached hydrogens (tertiary/aromatic N) is 2. The first-order valence-corrected chi connectivity index (χ1v) is 8.12. The van der Waals surface area contributed by atoms with E-state index in [1.165, 1.54) is 11.5 Å². The van der Waals surface area contributed by atoms with E-state index in [4.69, 9.17) is 0 Å².